The van der Waals surface area contributed by atoms with Gasteiger partial charge in [-0.15, -0.1) is 0 Å². The van der Waals surface area contributed by atoms with Crippen LogP contribution in [0.4, 0.5) is 13.2 Å². The number of nitrogens with zero attached hydrogens (tertiary/aromatic N) is 1. The van der Waals surface area contributed by atoms with E-state index in [2.05, 4.69) is 0 Å². The van der Waals surface area contributed by atoms with Crippen LogP contribution in [0.15, 0.2) is 53.4 Å². The van der Waals surface area contributed by atoms with Gasteiger partial charge in [0.15, 0.2) is 0 Å². The van der Waals surface area contributed by atoms with Crippen LogP contribution in [0.5, 0.6) is 5.75 Å². The number of carbonyl (C=O) groups is 1. The Bertz CT molecular complexity index is 1020. The number of hydrogen-bond acceptors (Lipinski definition) is 4. The SMILES string of the molecule is CC[C@@H](C)N(Cc1ccccc1OS(=O)(=O)c1cccc(C(F)(F)F)c1)C(=O)C(C)C. The summed E-state index contributed by atoms with van der Waals surface area (Å²) in [6, 6.07) is 9.54. The number of hydrogen-bond donors (Lipinski definition) is 0. The normalized spacial score (nSPS) is 13.2. The van der Waals surface area contributed by atoms with Crippen LogP contribution < -0.4 is 4.18 Å². The predicted octanol–water partition coefficient (Wildman–Crippen LogP) is 5.26. The van der Waals surface area contributed by atoms with Crippen molar-refractivity contribution in [2.24, 2.45) is 5.92 Å². The molecule has 0 aliphatic carbocycles. The number of carbonyl (C=O) groups excluding carboxylic acids is 1. The summed E-state index contributed by atoms with van der Waals surface area (Å²) in [5, 5.41) is 0. The minimum absolute atomic E-state index is 0.0372. The van der Waals surface area contributed by atoms with Crippen LogP contribution in [-0.2, 0) is 27.6 Å². The quantitative estimate of drug-likeness (QED) is 0.508. The molecule has 0 aliphatic heterocycles. The first-order chi connectivity index (χ1) is 14.4. The van der Waals surface area contributed by atoms with Gasteiger partial charge < -0.3 is 9.08 Å². The predicted molar refractivity (Wildman–Crippen MR) is 111 cm³/mol. The van der Waals surface area contributed by atoms with Crippen LogP contribution in [0.2, 0.25) is 0 Å². The summed E-state index contributed by atoms with van der Waals surface area (Å²) in [7, 11) is -4.52. The average molecular weight is 458 g/mol. The van der Waals surface area contributed by atoms with Crippen LogP contribution in [0.25, 0.3) is 0 Å². The molecule has 0 fully saturated rings. The first-order valence-electron chi connectivity index (χ1n) is 9.87. The molecule has 9 heteroatoms. The van der Waals surface area contributed by atoms with Gasteiger partial charge in [-0.1, -0.05) is 45.0 Å². The van der Waals surface area contributed by atoms with E-state index >= 15 is 0 Å². The van der Waals surface area contributed by atoms with E-state index in [1.54, 1.807) is 36.9 Å². The lowest BCUT2D eigenvalue weighted by Gasteiger charge is -2.31. The van der Waals surface area contributed by atoms with E-state index in [1.807, 2.05) is 13.8 Å². The Morgan fingerprint density at radius 3 is 2.29 bits per heavy atom. The third kappa shape index (κ3) is 6.22. The fourth-order valence-corrected chi connectivity index (χ4v) is 3.91. The molecule has 5 nitrogen and oxygen atoms in total. The van der Waals surface area contributed by atoms with Crippen LogP contribution in [0.3, 0.4) is 0 Å². The molecule has 0 N–H and O–H groups in total. The molecule has 2 aromatic carbocycles. The summed E-state index contributed by atoms with van der Waals surface area (Å²) in [6.45, 7) is 7.49. The smallest absolute Gasteiger partial charge is 0.379 e. The number of rotatable bonds is 8. The first kappa shape index (κ1) is 24.7. The van der Waals surface area contributed by atoms with Gasteiger partial charge in [0.2, 0.25) is 5.91 Å². The van der Waals surface area contributed by atoms with Gasteiger partial charge in [0.1, 0.15) is 10.6 Å². The molecule has 0 aliphatic rings. The molecular weight excluding hydrogens is 431 g/mol. The Balaban J connectivity index is 2.38. The zero-order chi connectivity index (χ0) is 23.4. The maximum absolute atomic E-state index is 13.0. The van der Waals surface area contributed by atoms with Crippen molar-refractivity contribution in [3.05, 3.63) is 59.7 Å². The maximum atomic E-state index is 13.0. The molecule has 2 rings (SSSR count). The van der Waals surface area contributed by atoms with E-state index in [4.69, 9.17) is 4.18 Å². The third-order valence-corrected chi connectivity index (χ3v) is 6.09. The van der Waals surface area contributed by atoms with Crippen LogP contribution in [0.1, 0.15) is 45.2 Å². The zero-order valence-electron chi connectivity index (χ0n) is 17.8. The summed E-state index contributed by atoms with van der Waals surface area (Å²) in [6.07, 6.45) is -3.98. The number of alkyl halides is 3. The zero-order valence-corrected chi connectivity index (χ0v) is 18.6. The molecule has 0 aromatic heterocycles. The number of amides is 1. The fraction of sp³-hybridized carbons (Fsp3) is 0.409. The molecular formula is C22H26F3NO4S. The summed E-state index contributed by atoms with van der Waals surface area (Å²) < 4.78 is 69.5. The van der Waals surface area contributed by atoms with Crippen LogP contribution in [-0.4, -0.2) is 25.3 Å². The molecule has 2 aromatic rings. The Kier molecular flexibility index (Phi) is 7.75. The minimum atomic E-state index is -4.68. The number of benzene rings is 2. The number of para-hydroxylation sites is 1. The first-order valence-corrected chi connectivity index (χ1v) is 11.3. The highest BCUT2D eigenvalue weighted by atomic mass is 32.2. The lowest BCUT2D eigenvalue weighted by atomic mass is 10.1. The largest absolute Gasteiger partial charge is 0.416 e. The van der Waals surface area contributed by atoms with Crippen molar-refractivity contribution in [1.82, 2.24) is 4.90 Å². The van der Waals surface area contributed by atoms with Gasteiger partial charge in [0.25, 0.3) is 0 Å². The van der Waals surface area contributed by atoms with Crippen molar-refractivity contribution >= 4 is 16.0 Å². The number of halogens is 3. The molecule has 0 bridgehead atoms. The molecule has 1 atom stereocenters. The molecule has 0 saturated carbocycles. The summed E-state index contributed by atoms with van der Waals surface area (Å²) in [5.74, 6) is -0.384. The average Bonchev–Trinajstić information content (AvgIpc) is 2.71. The highest BCUT2D eigenvalue weighted by molar-refractivity contribution is 7.87. The monoisotopic (exact) mass is 457 g/mol. The van der Waals surface area contributed by atoms with Gasteiger partial charge in [0.05, 0.1) is 5.56 Å². The summed E-state index contributed by atoms with van der Waals surface area (Å²) in [4.78, 5) is 13.7. The fourth-order valence-electron chi connectivity index (χ4n) is 2.90. The van der Waals surface area contributed by atoms with E-state index in [1.165, 1.54) is 6.07 Å². The summed E-state index contributed by atoms with van der Waals surface area (Å²) >= 11 is 0. The maximum Gasteiger partial charge on any atom is 0.416 e. The highest BCUT2D eigenvalue weighted by Gasteiger charge is 2.32. The third-order valence-electron chi connectivity index (χ3n) is 4.86. The molecule has 0 heterocycles. The van der Waals surface area contributed by atoms with E-state index in [9.17, 15) is 26.4 Å². The Hall–Kier alpha value is -2.55. The Morgan fingerprint density at radius 2 is 1.71 bits per heavy atom. The van der Waals surface area contributed by atoms with Gasteiger partial charge in [0, 0.05) is 24.1 Å². The standard InChI is InChI=1S/C22H26F3NO4S/c1-5-16(4)26(21(27)15(2)3)14-17-9-6-7-12-20(17)30-31(28,29)19-11-8-10-18(13-19)22(23,24)25/h6-13,15-16H,5,14H2,1-4H3/t16-/m1/s1. The van der Waals surface area contributed by atoms with Crippen molar-refractivity contribution < 1.29 is 30.6 Å². The van der Waals surface area contributed by atoms with Gasteiger partial charge in [-0.05, 0) is 37.6 Å². The second kappa shape index (κ2) is 9.72. The molecule has 0 unspecified atom stereocenters. The second-order valence-electron chi connectivity index (χ2n) is 7.55. The molecule has 1 amide bonds. The van der Waals surface area contributed by atoms with Crippen molar-refractivity contribution in [2.75, 3.05) is 0 Å². The molecule has 31 heavy (non-hydrogen) atoms. The van der Waals surface area contributed by atoms with E-state index in [0.717, 1.165) is 18.2 Å². The molecule has 170 valence electrons. The van der Waals surface area contributed by atoms with E-state index < -0.39 is 26.8 Å². The van der Waals surface area contributed by atoms with Crippen molar-refractivity contribution in [2.45, 2.75) is 57.8 Å². The van der Waals surface area contributed by atoms with Crippen molar-refractivity contribution in [3.63, 3.8) is 0 Å². The van der Waals surface area contributed by atoms with Crippen LogP contribution >= 0.6 is 0 Å². The van der Waals surface area contributed by atoms with Gasteiger partial charge >= 0.3 is 16.3 Å². The minimum Gasteiger partial charge on any atom is -0.379 e. The Labute approximate surface area is 181 Å². The molecule has 0 spiro atoms. The lowest BCUT2D eigenvalue weighted by Crippen LogP contribution is -2.40. The Morgan fingerprint density at radius 1 is 1.06 bits per heavy atom. The topological polar surface area (TPSA) is 63.7 Å². The summed E-state index contributed by atoms with van der Waals surface area (Å²) in [5.41, 5.74) is -0.650. The van der Waals surface area contributed by atoms with Crippen LogP contribution in [0, 0.1) is 5.92 Å². The van der Waals surface area contributed by atoms with E-state index in [0.29, 0.717) is 18.1 Å². The van der Waals surface area contributed by atoms with Gasteiger partial charge in [-0.25, -0.2) is 0 Å². The van der Waals surface area contributed by atoms with Gasteiger partial charge in [-0.3, -0.25) is 4.79 Å². The molecule has 0 radical (unpaired) electrons. The van der Waals surface area contributed by atoms with Gasteiger partial charge in [-0.2, -0.15) is 21.6 Å². The second-order valence-corrected chi connectivity index (χ2v) is 9.10. The molecule has 0 saturated heterocycles. The van der Waals surface area contributed by atoms with Crippen molar-refractivity contribution in [1.29, 1.82) is 0 Å². The van der Waals surface area contributed by atoms with E-state index in [-0.39, 0.29) is 30.2 Å². The highest BCUT2D eigenvalue weighted by Crippen LogP contribution is 2.32. The van der Waals surface area contributed by atoms with Crippen molar-refractivity contribution in [3.8, 4) is 5.75 Å². The lowest BCUT2D eigenvalue weighted by molar-refractivity contribution is -0.138.